The van der Waals surface area contributed by atoms with Crippen LogP contribution in [0.15, 0.2) is 42.5 Å². The minimum atomic E-state index is -0.937. The molecule has 3 nitrogen and oxygen atoms in total. The zero-order valence-corrected chi connectivity index (χ0v) is 13.8. The van der Waals surface area contributed by atoms with Gasteiger partial charge < -0.3 is 9.84 Å². The average molecular weight is 310 g/mol. The topological polar surface area (TPSA) is 46.5 Å². The van der Waals surface area contributed by atoms with E-state index in [0.717, 1.165) is 28.9 Å². The van der Waals surface area contributed by atoms with Crippen molar-refractivity contribution < 1.29 is 14.6 Å². The minimum Gasteiger partial charge on any atom is -0.493 e. The lowest BCUT2D eigenvalue weighted by Gasteiger charge is -2.10. The number of carboxylic acid groups (broad SMARTS) is 1. The summed E-state index contributed by atoms with van der Waals surface area (Å²) in [6.07, 6.45) is 2.64. The average Bonchev–Trinajstić information content (AvgIpc) is 2.51. The summed E-state index contributed by atoms with van der Waals surface area (Å²) in [7, 11) is 0. The van der Waals surface area contributed by atoms with Crippen molar-refractivity contribution in [1.29, 1.82) is 0 Å². The van der Waals surface area contributed by atoms with Gasteiger partial charge in [0, 0.05) is 0 Å². The molecule has 0 radical (unpaired) electrons. The maximum atomic E-state index is 11.7. The molecule has 0 amide bonds. The Morgan fingerprint density at radius 3 is 2.57 bits per heavy atom. The number of ether oxygens (including phenoxy) is 1. The van der Waals surface area contributed by atoms with Gasteiger partial charge in [0.25, 0.3) is 0 Å². The van der Waals surface area contributed by atoms with E-state index in [9.17, 15) is 9.90 Å². The van der Waals surface area contributed by atoms with E-state index in [2.05, 4.69) is 6.92 Å². The first-order valence-corrected chi connectivity index (χ1v) is 7.76. The standard InChI is InChI=1S/C20H22O3/c1-4-10-23-19-9-8-17(12-15(19)3)18(20(21)22)13-16-7-5-6-14(2)11-16/h5-9,11-13H,4,10H2,1-3H3,(H,21,22)/b18-13-. The first-order chi connectivity index (χ1) is 11.0. The fraction of sp³-hybridized carbons (Fsp3) is 0.250. The first-order valence-electron chi connectivity index (χ1n) is 7.76. The highest BCUT2D eigenvalue weighted by molar-refractivity contribution is 6.20. The van der Waals surface area contributed by atoms with Crippen LogP contribution in [-0.2, 0) is 4.79 Å². The third-order valence-corrected chi connectivity index (χ3v) is 3.53. The summed E-state index contributed by atoms with van der Waals surface area (Å²) in [6, 6.07) is 13.3. The highest BCUT2D eigenvalue weighted by atomic mass is 16.5. The Bertz CT molecular complexity index is 729. The van der Waals surface area contributed by atoms with E-state index >= 15 is 0 Å². The Morgan fingerprint density at radius 1 is 1.17 bits per heavy atom. The first kappa shape index (κ1) is 16.8. The van der Waals surface area contributed by atoms with Crippen LogP contribution in [-0.4, -0.2) is 17.7 Å². The molecule has 1 N–H and O–H groups in total. The van der Waals surface area contributed by atoms with Crippen LogP contribution < -0.4 is 4.74 Å². The summed E-state index contributed by atoms with van der Waals surface area (Å²) in [5, 5.41) is 9.56. The molecule has 0 fully saturated rings. The van der Waals surface area contributed by atoms with Crippen LogP contribution in [0.2, 0.25) is 0 Å². The molecule has 0 spiro atoms. The van der Waals surface area contributed by atoms with Crippen LogP contribution in [0.1, 0.15) is 35.6 Å². The lowest BCUT2D eigenvalue weighted by Crippen LogP contribution is -2.02. The van der Waals surface area contributed by atoms with E-state index in [0.29, 0.717) is 12.2 Å². The smallest absolute Gasteiger partial charge is 0.336 e. The van der Waals surface area contributed by atoms with Crippen molar-refractivity contribution in [3.8, 4) is 5.75 Å². The maximum Gasteiger partial charge on any atom is 0.336 e. The summed E-state index contributed by atoms with van der Waals surface area (Å²) < 4.78 is 5.65. The molecule has 0 aliphatic rings. The fourth-order valence-corrected chi connectivity index (χ4v) is 2.39. The Kier molecular flexibility index (Phi) is 5.58. The van der Waals surface area contributed by atoms with Gasteiger partial charge in [-0.1, -0.05) is 42.8 Å². The number of hydrogen-bond acceptors (Lipinski definition) is 2. The molecule has 120 valence electrons. The Hall–Kier alpha value is -2.55. The predicted molar refractivity (Wildman–Crippen MR) is 93.7 cm³/mol. The molecule has 0 atom stereocenters. The SMILES string of the molecule is CCCOc1ccc(/C(=C/c2cccc(C)c2)C(=O)O)cc1C. The van der Waals surface area contributed by atoms with Crippen LogP contribution >= 0.6 is 0 Å². The van der Waals surface area contributed by atoms with E-state index in [4.69, 9.17) is 4.74 Å². The third-order valence-electron chi connectivity index (χ3n) is 3.53. The van der Waals surface area contributed by atoms with Gasteiger partial charge in [0.05, 0.1) is 12.2 Å². The van der Waals surface area contributed by atoms with Crippen LogP contribution in [0.25, 0.3) is 11.6 Å². The molecular formula is C20H22O3. The molecule has 0 saturated heterocycles. The summed E-state index contributed by atoms with van der Waals surface area (Å²) in [6.45, 7) is 6.63. The summed E-state index contributed by atoms with van der Waals surface area (Å²) >= 11 is 0. The highest BCUT2D eigenvalue weighted by Crippen LogP contribution is 2.25. The molecule has 23 heavy (non-hydrogen) atoms. The van der Waals surface area contributed by atoms with E-state index in [1.54, 1.807) is 12.1 Å². The molecule has 0 heterocycles. The molecule has 2 aromatic rings. The number of benzene rings is 2. The number of hydrogen-bond donors (Lipinski definition) is 1. The summed E-state index contributed by atoms with van der Waals surface area (Å²) in [5.41, 5.74) is 3.88. The molecule has 2 rings (SSSR count). The van der Waals surface area contributed by atoms with Crippen molar-refractivity contribution in [2.75, 3.05) is 6.61 Å². The Labute approximate surface area is 137 Å². The Morgan fingerprint density at radius 2 is 1.96 bits per heavy atom. The van der Waals surface area contributed by atoms with Crippen molar-refractivity contribution in [3.05, 3.63) is 64.7 Å². The Balaban J connectivity index is 2.38. The van der Waals surface area contributed by atoms with Gasteiger partial charge in [-0.2, -0.15) is 0 Å². The molecule has 0 unspecified atom stereocenters. The van der Waals surface area contributed by atoms with Gasteiger partial charge in [-0.3, -0.25) is 0 Å². The monoisotopic (exact) mass is 310 g/mol. The molecule has 0 aliphatic heterocycles. The van der Waals surface area contributed by atoms with Gasteiger partial charge in [-0.05, 0) is 55.2 Å². The molecular weight excluding hydrogens is 288 g/mol. The van der Waals surface area contributed by atoms with Crippen molar-refractivity contribution in [1.82, 2.24) is 0 Å². The minimum absolute atomic E-state index is 0.278. The number of aryl methyl sites for hydroxylation is 2. The molecule has 2 aromatic carbocycles. The van der Waals surface area contributed by atoms with Gasteiger partial charge >= 0.3 is 5.97 Å². The second-order valence-electron chi connectivity index (χ2n) is 5.61. The predicted octanol–water partition coefficient (Wildman–Crippen LogP) is 4.72. The molecule has 0 saturated carbocycles. The fourth-order valence-electron chi connectivity index (χ4n) is 2.39. The lowest BCUT2D eigenvalue weighted by molar-refractivity contribution is -0.130. The second-order valence-corrected chi connectivity index (χ2v) is 5.61. The summed E-state index contributed by atoms with van der Waals surface area (Å²) in [5.74, 6) is -0.135. The number of carboxylic acids is 1. The van der Waals surface area contributed by atoms with Crippen molar-refractivity contribution in [3.63, 3.8) is 0 Å². The number of aliphatic carboxylic acids is 1. The van der Waals surface area contributed by atoms with Crippen LogP contribution in [0.5, 0.6) is 5.75 Å². The van der Waals surface area contributed by atoms with Crippen LogP contribution in [0.3, 0.4) is 0 Å². The van der Waals surface area contributed by atoms with Gasteiger partial charge in [-0.25, -0.2) is 4.79 Å². The van der Waals surface area contributed by atoms with Crippen molar-refractivity contribution in [2.45, 2.75) is 27.2 Å². The molecule has 0 aromatic heterocycles. The van der Waals surface area contributed by atoms with Gasteiger partial charge in [0.1, 0.15) is 5.75 Å². The molecule has 0 bridgehead atoms. The number of carbonyl (C=O) groups is 1. The zero-order valence-electron chi connectivity index (χ0n) is 13.8. The highest BCUT2D eigenvalue weighted by Gasteiger charge is 2.12. The van der Waals surface area contributed by atoms with E-state index in [1.807, 2.05) is 50.2 Å². The van der Waals surface area contributed by atoms with Crippen LogP contribution in [0.4, 0.5) is 0 Å². The van der Waals surface area contributed by atoms with Crippen LogP contribution in [0, 0.1) is 13.8 Å². The lowest BCUT2D eigenvalue weighted by atomic mass is 10.00. The van der Waals surface area contributed by atoms with E-state index in [-0.39, 0.29) is 5.57 Å². The summed E-state index contributed by atoms with van der Waals surface area (Å²) in [4.78, 5) is 11.7. The van der Waals surface area contributed by atoms with Crippen molar-refractivity contribution in [2.24, 2.45) is 0 Å². The maximum absolute atomic E-state index is 11.7. The largest absolute Gasteiger partial charge is 0.493 e. The number of rotatable bonds is 6. The van der Waals surface area contributed by atoms with E-state index < -0.39 is 5.97 Å². The van der Waals surface area contributed by atoms with Gasteiger partial charge in [0.2, 0.25) is 0 Å². The quantitative estimate of drug-likeness (QED) is 0.620. The van der Waals surface area contributed by atoms with Gasteiger partial charge in [-0.15, -0.1) is 0 Å². The zero-order chi connectivity index (χ0) is 16.8. The molecule has 0 aliphatic carbocycles. The molecule has 3 heteroatoms. The normalized spacial score (nSPS) is 11.3. The third kappa shape index (κ3) is 4.46. The van der Waals surface area contributed by atoms with E-state index in [1.165, 1.54) is 0 Å². The second kappa shape index (κ2) is 7.63. The van der Waals surface area contributed by atoms with Crippen molar-refractivity contribution >= 4 is 17.6 Å². The van der Waals surface area contributed by atoms with Gasteiger partial charge in [0.15, 0.2) is 0 Å².